The number of nitrogens with two attached hydrogens (primary N) is 1. The van der Waals surface area contributed by atoms with Crippen molar-refractivity contribution < 1.29 is 13.2 Å². The van der Waals surface area contributed by atoms with Crippen molar-refractivity contribution in [1.82, 2.24) is 29.5 Å². The Balaban J connectivity index is 1.49. The van der Waals surface area contributed by atoms with Gasteiger partial charge in [-0.15, -0.1) is 0 Å². The van der Waals surface area contributed by atoms with Crippen LogP contribution < -0.4 is 16.0 Å². The van der Waals surface area contributed by atoms with Crippen LogP contribution in [0.1, 0.15) is 19.8 Å². The van der Waals surface area contributed by atoms with Gasteiger partial charge in [-0.25, -0.2) is 14.6 Å². The van der Waals surface area contributed by atoms with Gasteiger partial charge in [-0.05, 0) is 31.9 Å². The average Bonchev–Trinajstić information content (AvgIpc) is 3.44. The highest BCUT2D eigenvalue weighted by molar-refractivity contribution is 5.81. The van der Waals surface area contributed by atoms with Crippen molar-refractivity contribution >= 4 is 28.4 Å². The van der Waals surface area contributed by atoms with Crippen LogP contribution in [0.2, 0.25) is 0 Å². The fourth-order valence-corrected chi connectivity index (χ4v) is 4.38. The van der Waals surface area contributed by atoms with Crippen LogP contribution in [-0.4, -0.2) is 54.8 Å². The van der Waals surface area contributed by atoms with Crippen molar-refractivity contribution in [1.29, 1.82) is 0 Å². The molecule has 184 valence electrons. The Bertz CT molecular complexity index is 1330. The SMILES string of the molecule is CCn1ncc2ccc(Nc3cc(N4CCC[C@H](N)C4)c(-c4cnn(CC(F)(F)F)c4)cn3)nc21. The lowest BCUT2D eigenvalue weighted by atomic mass is 10.0. The van der Waals surface area contributed by atoms with E-state index in [1.54, 1.807) is 12.4 Å². The summed E-state index contributed by atoms with van der Waals surface area (Å²) < 4.78 is 41.2. The van der Waals surface area contributed by atoms with E-state index in [-0.39, 0.29) is 6.04 Å². The van der Waals surface area contributed by atoms with Gasteiger partial charge in [0.25, 0.3) is 0 Å². The zero-order valence-electron chi connectivity index (χ0n) is 19.2. The summed E-state index contributed by atoms with van der Waals surface area (Å²) in [5.74, 6) is 1.19. The van der Waals surface area contributed by atoms with Gasteiger partial charge in [0.15, 0.2) is 5.65 Å². The number of alkyl halides is 3. The average molecular weight is 486 g/mol. The lowest BCUT2D eigenvalue weighted by Gasteiger charge is -2.34. The highest BCUT2D eigenvalue weighted by Crippen LogP contribution is 2.34. The summed E-state index contributed by atoms with van der Waals surface area (Å²) >= 11 is 0. The Hall–Kier alpha value is -3.67. The van der Waals surface area contributed by atoms with Crippen LogP contribution in [0.4, 0.5) is 30.5 Å². The molecule has 4 aromatic rings. The second-order valence-corrected chi connectivity index (χ2v) is 8.67. The minimum absolute atomic E-state index is 0.0209. The predicted molar refractivity (Wildman–Crippen MR) is 127 cm³/mol. The van der Waals surface area contributed by atoms with E-state index in [9.17, 15) is 13.2 Å². The number of hydrogen-bond acceptors (Lipinski definition) is 7. The third-order valence-corrected chi connectivity index (χ3v) is 6.01. The van der Waals surface area contributed by atoms with Gasteiger partial charge >= 0.3 is 6.18 Å². The maximum Gasteiger partial charge on any atom is 0.408 e. The number of aromatic nitrogens is 6. The topological polar surface area (TPSA) is 103 Å². The molecule has 9 nitrogen and oxygen atoms in total. The van der Waals surface area contributed by atoms with Gasteiger partial charge in [-0.2, -0.15) is 23.4 Å². The Morgan fingerprint density at radius 3 is 2.77 bits per heavy atom. The summed E-state index contributed by atoms with van der Waals surface area (Å²) in [5.41, 5.74) is 9.10. The minimum Gasteiger partial charge on any atom is -0.369 e. The Kier molecular flexibility index (Phi) is 6.05. The number of nitrogens with one attached hydrogen (secondary N) is 1. The summed E-state index contributed by atoms with van der Waals surface area (Å²) in [6.45, 7) is 3.00. The van der Waals surface area contributed by atoms with Crippen LogP contribution >= 0.6 is 0 Å². The maximum atomic E-state index is 12.8. The molecule has 0 unspecified atom stereocenters. The number of fused-ring (bicyclic) bond motifs is 1. The molecular weight excluding hydrogens is 459 g/mol. The molecule has 0 bridgehead atoms. The van der Waals surface area contributed by atoms with E-state index in [4.69, 9.17) is 5.73 Å². The number of halogens is 3. The van der Waals surface area contributed by atoms with Gasteiger partial charge in [0.1, 0.15) is 18.2 Å². The lowest BCUT2D eigenvalue weighted by Crippen LogP contribution is -2.43. The predicted octanol–water partition coefficient (Wildman–Crippen LogP) is 3.94. The molecule has 3 N–H and O–H groups in total. The van der Waals surface area contributed by atoms with Crippen molar-refractivity contribution in [3.8, 4) is 11.1 Å². The first-order valence-electron chi connectivity index (χ1n) is 11.5. The summed E-state index contributed by atoms with van der Waals surface area (Å²) in [7, 11) is 0. The smallest absolute Gasteiger partial charge is 0.369 e. The normalized spacial score (nSPS) is 16.7. The van der Waals surface area contributed by atoms with Gasteiger partial charge < -0.3 is 16.0 Å². The number of nitrogens with zero attached hydrogens (tertiary/aromatic N) is 7. The molecule has 0 spiro atoms. The fourth-order valence-electron chi connectivity index (χ4n) is 4.38. The fraction of sp³-hybridized carbons (Fsp3) is 0.391. The van der Waals surface area contributed by atoms with Gasteiger partial charge in [0, 0.05) is 66.3 Å². The Labute approximate surface area is 199 Å². The Morgan fingerprint density at radius 1 is 1.14 bits per heavy atom. The quantitative estimate of drug-likeness (QED) is 0.426. The van der Waals surface area contributed by atoms with E-state index in [0.29, 0.717) is 35.9 Å². The highest BCUT2D eigenvalue weighted by atomic mass is 19.4. The van der Waals surface area contributed by atoms with E-state index < -0.39 is 12.7 Å². The van der Waals surface area contributed by atoms with Crippen molar-refractivity contribution in [2.24, 2.45) is 5.73 Å². The summed E-state index contributed by atoms with van der Waals surface area (Å²) in [6, 6.07) is 5.71. The highest BCUT2D eigenvalue weighted by Gasteiger charge is 2.29. The van der Waals surface area contributed by atoms with E-state index in [1.165, 1.54) is 12.4 Å². The monoisotopic (exact) mass is 485 g/mol. The molecule has 5 heterocycles. The first-order valence-corrected chi connectivity index (χ1v) is 11.5. The zero-order valence-corrected chi connectivity index (χ0v) is 19.2. The maximum absolute atomic E-state index is 12.8. The van der Waals surface area contributed by atoms with Crippen LogP contribution in [-0.2, 0) is 13.1 Å². The molecular formula is C23H26F3N9. The largest absolute Gasteiger partial charge is 0.408 e. The van der Waals surface area contributed by atoms with E-state index >= 15 is 0 Å². The van der Waals surface area contributed by atoms with Gasteiger partial charge in [0.2, 0.25) is 0 Å². The van der Waals surface area contributed by atoms with Crippen LogP contribution in [0.15, 0.2) is 43.0 Å². The molecule has 1 fully saturated rings. The zero-order chi connectivity index (χ0) is 24.6. The molecule has 4 aromatic heterocycles. The summed E-state index contributed by atoms with van der Waals surface area (Å²) in [6.07, 6.45) is 3.77. The number of anilines is 3. The van der Waals surface area contributed by atoms with Crippen LogP contribution in [0, 0.1) is 0 Å². The minimum atomic E-state index is -4.35. The third kappa shape index (κ3) is 5.06. The second-order valence-electron chi connectivity index (χ2n) is 8.67. The number of aryl methyl sites for hydroxylation is 1. The second kappa shape index (κ2) is 9.17. The molecule has 0 amide bonds. The molecule has 1 aliphatic rings. The molecule has 0 aliphatic carbocycles. The molecule has 0 radical (unpaired) electrons. The van der Waals surface area contributed by atoms with Crippen molar-refractivity contribution in [2.45, 2.75) is 45.1 Å². The molecule has 0 aromatic carbocycles. The van der Waals surface area contributed by atoms with Crippen molar-refractivity contribution in [2.75, 3.05) is 23.3 Å². The van der Waals surface area contributed by atoms with Crippen molar-refractivity contribution in [3.63, 3.8) is 0 Å². The summed E-state index contributed by atoms with van der Waals surface area (Å²) in [4.78, 5) is 11.4. The number of rotatable bonds is 6. The van der Waals surface area contributed by atoms with Gasteiger partial charge in [0.05, 0.1) is 12.4 Å². The van der Waals surface area contributed by atoms with Crippen LogP contribution in [0.5, 0.6) is 0 Å². The third-order valence-electron chi connectivity index (χ3n) is 6.01. The molecule has 5 rings (SSSR count). The van der Waals surface area contributed by atoms with Crippen molar-refractivity contribution in [3.05, 3.63) is 43.0 Å². The van der Waals surface area contributed by atoms with Crippen LogP contribution in [0.25, 0.3) is 22.2 Å². The number of pyridine rings is 2. The van der Waals surface area contributed by atoms with E-state index in [2.05, 4.69) is 30.4 Å². The molecule has 1 saturated heterocycles. The molecule has 1 aliphatic heterocycles. The Morgan fingerprint density at radius 2 is 2.00 bits per heavy atom. The molecule has 0 saturated carbocycles. The van der Waals surface area contributed by atoms with E-state index in [0.717, 1.165) is 40.8 Å². The number of hydrogen-bond donors (Lipinski definition) is 2. The molecule has 12 heteroatoms. The standard InChI is InChI=1S/C23H26F3N9/c1-2-35-22-15(9-30-35)5-6-20(32-22)31-21-8-19(33-7-3-4-17(27)13-33)18(11-28-21)16-10-29-34(12-16)14-23(24,25)26/h5-6,8-12,17H,2-4,7,13-14,27H2,1H3,(H,28,31,32)/t17-/m0/s1. The van der Waals surface area contributed by atoms with Gasteiger partial charge in [-0.3, -0.25) is 4.68 Å². The number of piperidine rings is 1. The molecule has 1 atom stereocenters. The molecule has 35 heavy (non-hydrogen) atoms. The first-order chi connectivity index (χ1) is 16.8. The van der Waals surface area contributed by atoms with Crippen LogP contribution in [0.3, 0.4) is 0 Å². The van der Waals surface area contributed by atoms with E-state index in [1.807, 2.05) is 29.8 Å². The van der Waals surface area contributed by atoms with Gasteiger partial charge in [-0.1, -0.05) is 0 Å². The summed E-state index contributed by atoms with van der Waals surface area (Å²) in [5, 5.41) is 12.4. The lowest BCUT2D eigenvalue weighted by molar-refractivity contribution is -0.142. The first kappa shape index (κ1) is 23.1.